The first-order valence-corrected chi connectivity index (χ1v) is 9.27. The van der Waals surface area contributed by atoms with Gasteiger partial charge in [-0.05, 0) is 35.2 Å². The van der Waals surface area contributed by atoms with Crippen LogP contribution in [0.5, 0.6) is 0 Å². The summed E-state index contributed by atoms with van der Waals surface area (Å²) >= 11 is 3.14. The Labute approximate surface area is 137 Å². The van der Waals surface area contributed by atoms with Gasteiger partial charge >= 0.3 is 0 Å². The van der Waals surface area contributed by atoms with Crippen LogP contribution < -0.4 is 4.90 Å². The number of anilines is 1. The Morgan fingerprint density at radius 2 is 1.95 bits per heavy atom. The maximum atomic E-state index is 12.8. The molecule has 0 N–H and O–H groups in total. The highest BCUT2D eigenvalue weighted by Gasteiger charge is 2.44. The van der Waals surface area contributed by atoms with Gasteiger partial charge in [0.2, 0.25) is 5.91 Å². The molecule has 2 aromatic heterocycles. The van der Waals surface area contributed by atoms with Crippen LogP contribution in [0.3, 0.4) is 0 Å². The Morgan fingerprint density at radius 3 is 2.68 bits per heavy atom. The van der Waals surface area contributed by atoms with E-state index in [1.54, 1.807) is 11.3 Å². The fraction of sp³-hybridized carbons (Fsp3) is 0.375. The lowest BCUT2D eigenvalue weighted by Gasteiger charge is -2.33. The van der Waals surface area contributed by atoms with E-state index < -0.39 is 0 Å². The monoisotopic (exact) mass is 332 g/mol. The standard InChI is InChI=1S/C16H16N2O2S2/c19-15(12-2-5-21-9-12)17-7-11-1-4-18(13-3-6-22-10-13)16(20)14(11)8-17/h2-3,5-6,9-11,14H,1,4,7-8H2/t11-,14-/m0/s1. The van der Waals surface area contributed by atoms with Crippen molar-refractivity contribution in [1.29, 1.82) is 0 Å². The van der Waals surface area contributed by atoms with Gasteiger partial charge in [-0.3, -0.25) is 9.59 Å². The zero-order chi connectivity index (χ0) is 15.1. The molecule has 4 rings (SSSR count). The molecule has 2 aromatic rings. The molecule has 0 spiro atoms. The first-order chi connectivity index (χ1) is 10.7. The van der Waals surface area contributed by atoms with E-state index in [0.717, 1.165) is 24.2 Å². The third-order valence-electron chi connectivity index (χ3n) is 4.62. The number of hydrogen-bond acceptors (Lipinski definition) is 4. The SMILES string of the molecule is O=C(c1ccsc1)N1C[C@@H]2CCN(c3ccsc3)C(=O)[C@H]2C1. The van der Waals surface area contributed by atoms with Gasteiger partial charge in [0.15, 0.2) is 0 Å². The van der Waals surface area contributed by atoms with Gasteiger partial charge in [0.25, 0.3) is 5.91 Å². The molecule has 2 amide bonds. The number of hydrogen-bond donors (Lipinski definition) is 0. The summed E-state index contributed by atoms with van der Waals surface area (Å²) in [6, 6.07) is 3.85. The Kier molecular flexibility index (Phi) is 3.50. The van der Waals surface area contributed by atoms with Crippen molar-refractivity contribution < 1.29 is 9.59 Å². The smallest absolute Gasteiger partial charge is 0.254 e. The van der Waals surface area contributed by atoms with Crippen molar-refractivity contribution >= 4 is 40.2 Å². The number of thiophene rings is 2. The van der Waals surface area contributed by atoms with E-state index in [1.165, 1.54) is 11.3 Å². The predicted octanol–water partition coefficient (Wildman–Crippen LogP) is 2.93. The molecule has 0 saturated carbocycles. The van der Waals surface area contributed by atoms with Gasteiger partial charge in [0.1, 0.15) is 0 Å². The van der Waals surface area contributed by atoms with Crippen LogP contribution in [0.2, 0.25) is 0 Å². The summed E-state index contributed by atoms with van der Waals surface area (Å²) in [6.07, 6.45) is 0.972. The summed E-state index contributed by atoms with van der Waals surface area (Å²) in [6.45, 7) is 2.03. The molecule has 114 valence electrons. The molecule has 22 heavy (non-hydrogen) atoms. The second-order valence-electron chi connectivity index (χ2n) is 5.85. The van der Waals surface area contributed by atoms with E-state index in [0.29, 0.717) is 19.0 Å². The first-order valence-electron chi connectivity index (χ1n) is 7.39. The summed E-state index contributed by atoms with van der Waals surface area (Å²) in [7, 11) is 0. The van der Waals surface area contributed by atoms with Crippen LogP contribution in [0.15, 0.2) is 33.7 Å². The zero-order valence-electron chi connectivity index (χ0n) is 12.0. The summed E-state index contributed by atoms with van der Waals surface area (Å²) in [5.41, 5.74) is 1.74. The van der Waals surface area contributed by atoms with Crippen LogP contribution in [0.4, 0.5) is 5.69 Å². The lowest BCUT2D eigenvalue weighted by molar-refractivity contribution is -0.124. The number of amides is 2. The first kappa shape index (κ1) is 14.0. The number of likely N-dealkylation sites (tertiary alicyclic amines) is 1. The molecule has 2 aliphatic heterocycles. The fourth-order valence-electron chi connectivity index (χ4n) is 3.45. The minimum absolute atomic E-state index is 0.0452. The third-order valence-corrected chi connectivity index (χ3v) is 5.97. The van der Waals surface area contributed by atoms with E-state index in [1.807, 2.05) is 43.5 Å². The number of carbonyl (C=O) groups is 2. The molecule has 2 aliphatic rings. The number of carbonyl (C=O) groups excluding carboxylic acids is 2. The number of fused-ring (bicyclic) bond motifs is 1. The quantitative estimate of drug-likeness (QED) is 0.848. The second kappa shape index (κ2) is 5.52. The van der Waals surface area contributed by atoms with Crippen molar-refractivity contribution in [2.45, 2.75) is 6.42 Å². The van der Waals surface area contributed by atoms with Gasteiger partial charge in [-0.2, -0.15) is 22.7 Å². The molecule has 2 saturated heterocycles. The zero-order valence-corrected chi connectivity index (χ0v) is 13.6. The molecule has 4 heterocycles. The second-order valence-corrected chi connectivity index (χ2v) is 7.41. The molecule has 2 atom stereocenters. The van der Waals surface area contributed by atoms with Crippen LogP contribution >= 0.6 is 22.7 Å². The van der Waals surface area contributed by atoms with Crippen molar-refractivity contribution in [3.8, 4) is 0 Å². The topological polar surface area (TPSA) is 40.6 Å². The molecule has 0 aliphatic carbocycles. The van der Waals surface area contributed by atoms with Crippen molar-refractivity contribution in [1.82, 2.24) is 4.90 Å². The number of rotatable bonds is 2. The molecule has 6 heteroatoms. The van der Waals surface area contributed by atoms with Crippen molar-refractivity contribution in [3.63, 3.8) is 0 Å². The van der Waals surface area contributed by atoms with E-state index in [4.69, 9.17) is 0 Å². The molecular formula is C16H16N2O2S2. The molecule has 4 nitrogen and oxygen atoms in total. The lowest BCUT2D eigenvalue weighted by atomic mass is 9.88. The van der Waals surface area contributed by atoms with E-state index in [9.17, 15) is 9.59 Å². The Hall–Kier alpha value is -1.66. The van der Waals surface area contributed by atoms with Gasteiger partial charge in [-0.15, -0.1) is 0 Å². The summed E-state index contributed by atoms with van der Waals surface area (Å²) in [5, 5.41) is 7.81. The highest BCUT2D eigenvalue weighted by atomic mass is 32.1. The average Bonchev–Trinajstić information content (AvgIpc) is 3.27. The van der Waals surface area contributed by atoms with Gasteiger partial charge in [0.05, 0.1) is 17.2 Å². The Morgan fingerprint density at radius 1 is 1.14 bits per heavy atom. The third kappa shape index (κ3) is 2.27. The Bertz CT molecular complexity index is 681. The van der Waals surface area contributed by atoms with E-state index >= 15 is 0 Å². The van der Waals surface area contributed by atoms with Crippen LogP contribution in [-0.2, 0) is 4.79 Å². The summed E-state index contributed by atoms with van der Waals surface area (Å²) in [4.78, 5) is 29.0. The van der Waals surface area contributed by atoms with Gasteiger partial charge in [-0.1, -0.05) is 0 Å². The molecule has 2 fully saturated rings. The van der Waals surface area contributed by atoms with Crippen molar-refractivity contribution in [2.24, 2.45) is 11.8 Å². The van der Waals surface area contributed by atoms with Crippen LogP contribution in [0, 0.1) is 11.8 Å². The van der Waals surface area contributed by atoms with Crippen molar-refractivity contribution in [3.05, 3.63) is 39.2 Å². The van der Waals surface area contributed by atoms with Gasteiger partial charge in [0, 0.05) is 30.4 Å². The van der Waals surface area contributed by atoms with E-state index in [2.05, 4.69) is 0 Å². The average molecular weight is 332 g/mol. The lowest BCUT2D eigenvalue weighted by Crippen LogP contribution is -2.45. The minimum Gasteiger partial charge on any atom is -0.338 e. The van der Waals surface area contributed by atoms with Crippen LogP contribution in [0.1, 0.15) is 16.8 Å². The highest BCUT2D eigenvalue weighted by molar-refractivity contribution is 7.08. The number of piperidine rings is 1. The Balaban J connectivity index is 1.51. The van der Waals surface area contributed by atoms with E-state index in [-0.39, 0.29) is 17.7 Å². The fourth-order valence-corrected chi connectivity index (χ4v) is 4.72. The van der Waals surface area contributed by atoms with Gasteiger partial charge in [-0.25, -0.2) is 0 Å². The maximum absolute atomic E-state index is 12.8. The maximum Gasteiger partial charge on any atom is 0.254 e. The van der Waals surface area contributed by atoms with Crippen molar-refractivity contribution in [2.75, 3.05) is 24.5 Å². The van der Waals surface area contributed by atoms with Crippen LogP contribution in [0.25, 0.3) is 0 Å². The molecule has 0 aromatic carbocycles. The minimum atomic E-state index is -0.0452. The molecule has 0 unspecified atom stereocenters. The number of nitrogens with zero attached hydrogens (tertiary/aromatic N) is 2. The molecular weight excluding hydrogens is 316 g/mol. The summed E-state index contributed by atoms with van der Waals surface area (Å²) < 4.78 is 0. The highest BCUT2D eigenvalue weighted by Crippen LogP contribution is 2.35. The van der Waals surface area contributed by atoms with Crippen LogP contribution in [-0.4, -0.2) is 36.3 Å². The van der Waals surface area contributed by atoms with Gasteiger partial charge < -0.3 is 9.80 Å². The predicted molar refractivity (Wildman–Crippen MR) is 88.5 cm³/mol. The largest absolute Gasteiger partial charge is 0.338 e. The summed E-state index contributed by atoms with van der Waals surface area (Å²) in [5.74, 6) is 0.502. The molecule has 0 radical (unpaired) electrons. The normalized spacial score (nSPS) is 24.6. The molecule has 0 bridgehead atoms.